The number of hydrogen-bond acceptors (Lipinski definition) is 2. The molecule has 0 spiro atoms. The van der Waals surface area contributed by atoms with Crippen molar-refractivity contribution >= 4 is 0 Å². The highest BCUT2D eigenvalue weighted by Gasteiger charge is 2.41. The monoisotopic (exact) mass is 281 g/mol. The van der Waals surface area contributed by atoms with Crippen molar-refractivity contribution in [2.24, 2.45) is 11.8 Å². The second-order valence-corrected chi connectivity index (χ2v) is 8.47. The van der Waals surface area contributed by atoms with Crippen molar-refractivity contribution < 1.29 is 4.74 Å². The van der Waals surface area contributed by atoms with Crippen LogP contribution in [0.1, 0.15) is 79.6 Å². The second-order valence-electron chi connectivity index (χ2n) is 8.47. The fourth-order valence-corrected chi connectivity index (χ4v) is 3.62. The van der Waals surface area contributed by atoms with Crippen molar-refractivity contribution in [3.8, 4) is 0 Å². The largest absolute Gasteiger partial charge is 0.372 e. The first-order chi connectivity index (χ1) is 9.30. The Kier molecular flexibility index (Phi) is 5.18. The number of nitrogens with one attached hydrogen (secondary N) is 1. The van der Waals surface area contributed by atoms with Crippen molar-refractivity contribution in [1.82, 2.24) is 5.32 Å². The minimum absolute atomic E-state index is 0.212. The van der Waals surface area contributed by atoms with Crippen LogP contribution in [0.15, 0.2) is 0 Å². The summed E-state index contributed by atoms with van der Waals surface area (Å²) in [6.45, 7) is 12.6. The molecule has 0 aromatic carbocycles. The predicted molar refractivity (Wildman–Crippen MR) is 86.0 cm³/mol. The van der Waals surface area contributed by atoms with Crippen molar-refractivity contribution in [3.05, 3.63) is 0 Å². The molecule has 1 N–H and O–H groups in total. The first-order valence-corrected chi connectivity index (χ1v) is 8.73. The Morgan fingerprint density at radius 2 is 1.80 bits per heavy atom. The van der Waals surface area contributed by atoms with E-state index in [4.69, 9.17) is 4.74 Å². The predicted octanol–water partition coefficient (Wildman–Crippen LogP) is 4.53. The molecule has 0 heterocycles. The second kappa shape index (κ2) is 6.36. The normalized spacial score (nSPS) is 33.8. The van der Waals surface area contributed by atoms with Gasteiger partial charge in [0.2, 0.25) is 0 Å². The van der Waals surface area contributed by atoms with Crippen LogP contribution in [0.3, 0.4) is 0 Å². The molecule has 2 saturated carbocycles. The summed E-state index contributed by atoms with van der Waals surface area (Å²) in [6, 6.07) is 0. The van der Waals surface area contributed by atoms with Gasteiger partial charge in [0.1, 0.15) is 0 Å². The van der Waals surface area contributed by atoms with E-state index >= 15 is 0 Å². The number of rotatable bonds is 5. The van der Waals surface area contributed by atoms with Gasteiger partial charge in [0, 0.05) is 5.54 Å². The average Bonchev–Trinajstić information content (AvgIpc) is 2.29. The average molecular weight is 281 g/mol. The molecule has 2 rings (SSSR count). The molecule has 2 aliphatic carbocycles. The summed E-state index contributed by atoms with van der Waals surface area (Å²) in [4.78, 5) is 0. The Morgan fingerprint density at radius 3 is 2.30 bits per heavy atom. The van der Waals surface area contributed by atoms with Crippen molar-refractivity contribution in [1.29, 1.82) is 0 Å². The molecule has 2 heteroatoms. The van der Waals surface area contributed by atoms with E-state index in [-0.39, 0.29) is 11.1 Å². The molecule has 3 atom stereocenters. The quantitative estimate of drug-likeness (QED) is 0.799. The van der Waals surface area contributed by atoms with E-state index in [0.717, 1.165) is 18.4 Å². The van der Waals surface area contributed by atoms with Gasteiger partial charge in [-0.25, -0.2) is 0 Å². The molecule has 20 heavy (non-hydrogen) atoms. The van der Waals surface area contributed by atoms with E-state index in [1.165, 1.54) is 44.9 Å². The van der Waals surface area contributed by atoms with Crippen LogP contribution < -0.4 is 5.32 Å². The van der Waals surface area contributed by atoms with Gasteiger partial charge in [-0.2, -0.15) is 0 Å². The molecule has 2 aliphatic rings. The molecule has 118 valence electrons. The van der Waals surface area contributed by atoms with E-state index < -0.39 is 0 Å². The summed E-state index contributed by atoms with van der Waals surface area (Å²) in [5, 5.41) is 3.62. The SMILES string of the molecule is CC1CCC(OC2(CCNC(C)(C)C)CCC2)CC1C. The Bertz CT molecular complexity index is 303. The number of ether oxygens (including phenoxy) is 1. The van der Waals surface area contributed by atoms with Gasteiger partial charge in [0.25, 0.3) is 0 Å². The molecule has 0 amide bonds. The first kappa shape index (κ1) is 16.3. The molecule has 0 aliphatic heterocycles. The standard InChI is InChI=1S/C18H35NO/c1-14-7-8-16(13-15(14)2)20-18(9-6-10-18)11-12-19-17(3,4)5/h14-16,19H,6-13H2,1-5H3. The van der Waals surface area contributed by atoms with Gasteiger partial charge in [0.15, 0.2) is 0 Å². The smallest absolute Gasteiger partial charge is 0.0698 e. The summed E-state index contributed by atoms with van der Waals surface area (Å²) >= 11 is 0. The van der Waals surface area contributed by atoms with E-state index in [0.29, 0.717) is 6.10 Å². The zero-order chi connectivity index (χ0) is 14.8. The highest BCUT2D eigenvalue weighted by Crippen LogP contribution is 2.42. The van der Waals surface area contributed by atoms with Crippen LogP contribution >= 0.6 is 0 Å². The maximum atomic E-state index is 6.61. The minimum Gasteiger partial charge on any atom is -0.372 e. The molecule has 0 saturated heterocycles. The summed E-state index contributed by atoms with van der Waals surface area (Å²) in [5.41, 5.74) is 0.433. The van der Waals surface area contributed by atoms with E-state index in [2.05, 4.69) is 39.9 Å². The van der Waals surface area contributed by atoms with E-state index in [1.807, 2.05) is 0 Å². The fraction of sp³-hybridized carbons (Fsp3) is 1.00. The molecule has 2 nitrogen and oxygen atoms in total. The summed E-state index contributed by atoms with van der Waals surface area (Å²) in [6.07, 6.45) is 9.52. The van der Waals surface area contributed by atoms with Gasteiger partial charge < -0.3 is 10.1 Å². The van der Waals surface area contributed by atoms with Crippen LogP contribution in [-0.2, 0) is 4.74 Å². The van der Waals surface area contributed by atoms with Gasteiger partial charge in [-0.3, -0.25) is 0 Å². The Hall–Kier alpha value is -0.0800. The lowest BCUT2D eigenvalue weighted by Gasteiger charge is -2.46. The Morgan fingerprint density at radius 1 is 1.10 bits per heavy atom. The van der Waals surface area contributed by atoms with Crippen LogP contribution in [-0.4, -0.2) is 23.8 Å². The maximum absolute atomic E-state index is 6.61. The summed E-state index contributed by atoms with van der Waals surface area (Å²) < 4.78 is 6.61. The van der Waals surface area contributed by atoms with Crippen LogP contribution in [0.25, 0.3) is 0 Å². The Labute approximate surface area is 126 Å². The molecule has 0 aromatic heterocycles. The third kappa shape index (κ3) is 4.46. The molecule has 0 radical (unpaired) electrons. The molecule has 0 aromatic rings. The summed E-state index contributed by atoms with van der Waals surface area (Å²) in [5.74, 6) is 1.72. The zero-order valence-corrected chi connectivity index (χ0v) is 14.3. The van der Waals surface area contributed by atoms with Gasteiger partial charge in [-0.1, -0.05) is 13.8 Å². The fourth-order valence-electron chi connectivity index (χ4n) is 3.62. The van der Waals surface area contributed by atoms with Crippen molar-refractivity contribution in [2.45, 2.75) is 96.8 Å². The molecular weight excluding hydrogens is 246 g/mol. The van der Waals surface area contributed by atoms with Gasteiger partial charge in [-0.05, 0) is 84.1 Å². The minimum atomic E-state index is 0.212. The topological polar surface area (TPSA) is 21.3 Å². The van der Waals surface area contributed by atoms with Gasteiger partial charge in [-0.15, -0.1) is 0 Å². The van der Waals surface area contributed by atoms with Crippen LogP contribution in [0.2, 0.25) is 0 Å². The molecule has 3 unspecified atom stereocenters. The molecule has 2 fully saturated rings. The molecular formula is C18H35NO. The lowest BCUT2D eigenvalue weighted by molar-refractivity contribution is -0.158. The Balaban J connectivity index is 1.79. The third-order valence-corrected chi connectivity index (χ3v) is 5.47. The first-order valence-electron chi connectivity index (χ1n) is 8.73. The van der Waals surface area contributed by atoms with Crippen LogP contribution in [0.5, 0.6) is 0 Å². The highest BCUT2D eigenvalue weighted by atomic mass is 16.5. The number of hydrogen-bond donors (Lipinski definition) is 1. The zero-order valence-electron chi connectivity index (χ0n) is 14.3. The highest BCUT2D eigenvalue weighted by molar-refractivity contribution is 4.93. The lowest BCUT2D eigenvalue weighted by atomic mass is 9.75. The van der Waals surface area contributed by atoms with Gasteiger partial charge >= 0.3 is 0 Å². The van der Waals surface area contributed by atoms with Crippen LogP contribution in [0, 0.1) is 11.8 Å². The van der Waals surface area contributed by atoms with Gasteiger partial charge in [0.05, 0.1) is 11.7 Å². The van der Waals surface area contributed by atoms with Crippen molar-refractivity contribution in [2.75, 3.05) is 6.54 Å². The van der Waals surface area contributed by atoms with Crippen LogP contribution in [0.4, 0.5) is 0 Å². The molecule has 0 bridgehead atoms. The third-order valence-electron chi connectivity index (χ3n) is 5.47. The maximum Gasteiger partial charge on any atom is 0.0698 e. The van der Waals surface area contributed by atoms with Crippen molar-refractivity contribution in [3.63, 3.8) is 0 Å². The summed E-state index contributed by atoms with van der Waals surface area (Å²) in [7, 11) is 0. The van der Waals surface area contributed by atoms with E-state index in [1.54, 1.807) is 0 Å². The van der Waals surface area contributed by atoms with E-state index in [9.17, 15) is 0 Å². The lowest BCUT2D eigenvalue weighted by Crippen LogP contribution is -2.48.